The lowest BCUT2D eigenvalue weighted by molar-refractivity contribution is -0.141. The van der Waals surface area contributed by atoms with Crippen LogP contribution in [0.4, 0.5) is 0 Å². The molecule has 1 saturated heterocycles. The van der Waals surface area contributed by atoms with E-state index in [1.165, 1.54) is 12.8 Å². The van der Waals surface area contributed by atoms with Gasteiger partial charge in [0.05, 0.1) is 0 Å². The van der Waals surface area contributed by atoms with Crippen molar-refractivity contribution < 1.29 is 9.59 Å². The second kappa shape index (κ2) is 7.46. The van der Waals surface area contributed by atoms with Gasteiger partial charge in [-0.3, -0.25) is 9.59 Å². The van der Waals surface area contributed by atoms with Gasteiger partial charge in [-0.1, -0.05) is 13.8 Å². The van der Waals surface area contributed by atoms with E-state index in [2.05, 4.69) is 29.8 Å². The molecule has 0 spiro atoms. The monoisotopic (exact) mass is 433 g/mol. The largest absolute Gasteiger partial charge is 0.358 e. The highest BCUT2D eigenvalue weighted by Crippen LogP contribution is 2.65. The highest BCUT2D eigenvalue weighted by molar-refractivity contribution is 7.80. The van der Waals surface area contributed by atoms with Crippen LogP contribution in [0.25, 0.3) is 0 Å². The van der Waals surface area contributed by atoms with Crippen LogP contribution in [0.5, 0.6) is 0 Å². The Morgan fingerprint density at radius 1 is 1.03 bits per heavy atom. The Hall–Kier alpha value is -1.17. The van der Waals surface area contributed by atoms with Crippen LogP contribution in [0.1, 0.15) is 86.0 Å². The fourth-order valence-electron chi connectivity index (χ4n) is 7.70. The van der Waals surface area contributed by atoms with Gasteiger partial charge in [-0.15, -0.1) is 0 Å². The van der Waals surface area contributed by atoms with E-state index in [1.54, 1.807) is 0 Å². The summed E-state index contributed by atoms with van der Waals surface area (Å²) in [5, 5.41) is 9.96. The molecule has 4 rings (SSSR count). The Morgan fingerprint density at radius 3 is 2.43 bits per heavy atom. The third kappa shape index (κ3) is 3.67. The maximum atomic E-state index is 13.2. The molecule has 30 heavy (non-hydrogen) atoms. The van der Waals surface area contributed by atoms with Gasteiger partial charge in [0.15, 0.2) is 5.11 Å². The van der Waals surface area contributed by atoms with E-state index in [-0.39, 0.29) is 34.1 Å². The number of fused-ring (bicyclic) bond motifs is 5. The lowest BCUT2D eigenvalue weighted by atomic mass is 9.47. The Labute approximate surface area is 186 Å². The van der Waals surface area contributed by atoms with Gasteiger partial charge in [0.1, 0.15) is 0 Å². The summed E-state index contributed by atoms with van der Waals surface area (Å²) < 4.78 is 0. The van der Waals surface area contributed by atoms with Crippen molar-refractivity contribution in [2.45, 2.75) is 97.6 Å². The molecule has 168 valence electrons. The number of piperidine rings is 1. The Kier molecular flexibility index (Phi) is 5.48. The summed E-state index contributed by atoms with van der Waals surface area (Å²) in [6.07, 6.45) is 8.34. The summed E-state index contributed by atoms with van der Waals surface area (Å²) in [5.41, 5.74) is 0.119. The number of carbonyl (C=O) groups is 2. The van der Waals surface area contributed by atoms with Crippen LogP contribution >= 0.6 is 12.2 Å². The van der Waals surface area contributed by atoms with Crippen LogP contribution in [0.3, 0.4) is 0 Å². The van der Waals surface area contributed by atoms with E-state index in [9.17, 15) is 9.59 Å². The first kappa shape index (κ1) is 22.0. The molecule has 6 heteroatoms. The average molecular weight is 434 g/mol. The summed E-state index contributed by atoms with van der Waals surface area (Å²) in [6.45, 7) is 10.9. The summed E-state index contributed by atoms with van der Waals surface area (Å²) in [5.74, 6) is 2.32. The van der Waals surface area contributed by atoms with Crippen molar-refractivity contribution in [3.05, 3.63) is 0 Å². The summed E-state index contributed by atoms with van der Waals surface area (Å²) in [7, 11) is 0. The third-order valence-electron chi connectivity index (χ3n) is 9.14. The Morgan fingerprint density at radius 2 is 1.73 bits per heavy atom. The smallest absolute Gasteiger partial charge is 0.229 e. The summed E-state index contributed by atoms with van der Waals surface area (Å²) >= 11 is 5.40. The molecule has 3 saturated carbocycles. The molecular weight excluding hydrogens is 394 g/mol. The normalized spacial score (nSPS) is 43.0. The van der Waals surface area contributed by atoms with E-state index in [0.29, 0.717) is 35.3 Å². The van der Waals surface area contributed by atoms with Crippen LogP contribution in [-0.4, -0.2) is 28.5 Å². The number of amides is 2. The van der Waals surface area contributed by atoms with Gasteiger partial charge in [-0.25, -0.2) is 0 Å². The average Bonchev–Trinajstić information content (AvgIpc) is 2.98. The van der Waals surface area contributed by atoms with Gasteiger partial charge < -0.3 is 16.0 Å². The van der Waals surface area contributed by atoms with Gasteiger partial charge in [0.2, 0.25) is 11.8 Å². The van der Waals surface area contributed by atoms with Gasteiger partial charge >= 0.3 is 0 Å². The molecule has 0 aromatic carbocycles. The van der Waals surface area contributed by atoms with E-state index in [4.69, 9.17) is 12.2 Å². The second-order valence-corrected chi connectivity index (χ2v) is 12.4. The standard InChI is InChI=1S/C24H39N3O2S/c1-22(2,3)27-21(30)26-20(29)17-8-7-15-14-6-9-18-24(5,13-11-19(28)25-18)16(14)10-12-23(15,17)4/h14-18H,6-13H2,1-5H3,(H,25,28)(H2,26,27,29,30)/t14-,15-,16-,17+,18+,23-,24+/m0/s1. The molecule has 0 aromatic heterocycles. The second-order valence-electron chi connectivity index (χ2n) is 11.9. The molecule has 1 aliphatic heterocycles. The van der Waals surface area contributed by atoms with Crippen LogP contribution in [0, 0.1) is 34.5 Å². The number of nitrogens with one attached hydrogen (secondary N) is 3. The summed E-state index contributed by atoms with van der Waals surface area (Å²) in [6, 6.07) is 0.339. The quantitative estimate of drug-likeness (QED) is 0.548. The fraction of sp³-hybridized carbons (Fsp3) is 0.875. The molecule has 0 aromatic rings. The first-order chi connectivity index (χ1) is 13.9. The molecule has 5 nitrogen and oxygen atoms in total. The van der Waals surface area contributed by atoms with E-state index in [1.807, 2.05) is 20.8 Å². The molecule has 0 radical (unpaired) electrons. The number of thiocarbonyl (C=S) groups is 1. The van der Waals surface area contributed by atoms with Crippen molar-refractivity contribution in [2.24, 2.45) is 34.5 Å². The maximum Gasteiger partial charge on any atom is 0.229 e. The van der Waals surface area contributed by atoms with Crippen LogP contribution in [0.15, 0.2) is 0 Å². The SMILES string of the molecule is CC(C)(C)NC(=S)NC(=O)[C@H]1CC[C@H]2[C@@H]3CC[C@H]4NC(=O)CC[C@]4(C)[C@H]3CC[C@]12C. The third-order valence-corrected chi connectivity index (χ3v) is 9.34. The van der Waals surface area contributed by atoms with Crippen LogP contribution < -0.4 is 16.0 Å². The van der Waals surface area contributed by atoms with Gasteiger partial charge in [0, 0.05) is 23.9 Å². The number of carbonyl (C=O) groups excluding carboxylic acids is 2. The predicted octanol–water partition coefficient (Wildman–Crippen LogP) is 3.91. The fourth-order valence-corrected chi connectivity index (χ4v) is 8.11. The van der Waals surface area contributed by atoms with Crippen molar-refractivity contribution in [2.75, 3.05) is 0 Å². The molecular formula is C24H39N3O2S. The Bertz CT molecular complexity index is 747. The first-order valence-electron chi connectivity index (χ1n) is 11.9. The van der Waals surface area contributed by atoms with E-state index in [0.717, 1.165) is 32.1 Å². The topological polar surface area (TPSA) is 70.2 Å². The minimum Gasteiger partial charge on any atom is -0.358 e. The number of hydrogen-bond donors (Lipinski definition) is 3. The lowest BCUT2D eigenvalue weighted by Crippen LogP contribution is -2.61. The van der Waals surface area contributed by atoms with Crippen molar-refractivity contribution in [3.8, 4) is 0 Å². The lowest BCUT2D eigenvalue weighted by Gasteiger charge is -2.60. The first-order valence-corrected chi connectivity index (χ1v) is 12.3. The van der Waals surface area contributed by atoms with Crippen LogP contribution in [-0.2, 0) is 9.59 Å². The zero-order valence-electron chi connectivity index (χ0n) is 19.3. The molecule has 2 amide bonds. The predicted molar refractivity (Wildman–Crippen MR) is 123 cm³/mol. The van der Waals surface area contributed by atoms with Crippen molar-refractivity contribution in [3.63, 3.8) is 0 Å². The highest BCUT2D eigenvalue weighted by atomic mass is 32.1. The Balaban J connectivity index is 1.48. The van der Waals surface area contributed by atoms with Crippen molar-refractivity contribution in [1.82, 2.24) is 16.0 Å². The molecule has 3 N–H and O–H groups in total. The van der Waals surface area contributed by atoms with Crippen molar-refractivity contribution >= 4 is 29.1 Å². The van der Waals surface area contributed by atoms with E-state index < -0.39 is 0 Å². The minimum atomic E-state index is -0.159. The summed E-state index contributed by atoms with van der Waals surface area (Å²) in [4.78, 5) is 25.2. The van der Waals surface area contributed by atoms with Crippen molar-refractivity contribution in [1.29, 1.82) is 0 Å². The molecule has 0 unspecified atom stereocenters. The highest BCUT2D eigenvalue weighted by Gasteiger charge is 2.61. The van der Waals surface area contributed by atoms with Crippen LogP contribution in [0.2, 0.25) is 0 Å². The molecule has 1 heterocycles. The van der Waals surface area contributed by atoms with Gasteiger partial charge in [-0.05, 0) is 107 Å². The molecule has 3 aliphatic carbocycles. The number of hydrogen-bond acceptors (Lipinski definition) is 3. The van der Waals surface area contributed by atoms with Gasteiger partial charge in [-0.2, -0.15) is 0 Å². The molecule has 0 bridgehead atoms. The zero-order chi connectivity index (χ0) is 21.9. The molecule has 4 aliphatic rings. The van der Waals surface area contributed by atoms with Gasteiger partial charge in [0.25, 0.3) is 0 Å². The molecule has 4 fully saturated rings. The van der Waals surface area contributed by atoms with E-state index >= 15 is 0 Å². The maximum absolute atomic E-state index is 13.2. The zero-order valence-corrected chi connectivity index (χ0v) is 20.1. The molecule has 7 atom stereocenters. The minimum absolute atomic E-state index is 0.0414. The number of rotatable bonds is 1.